The van der Waals surface area contributed by atoms with E-state index >= 15 is 0 Å². The number of hydrogen-bond donors (Lipinski definition) is 0. The molecule has 1 aromatic rings. The van der Waals surface area contributed by atoms with Gasteiger partial charge in [-0.25, -0.2) is 0 Å². The van der Waals surface area contributed by atoms with Crippen LogP contribution in [0.2, 0.25) is 0 Å². The molecule has 1 rings (SSSR count). The Balaban J connectivity index is 0.000000360. The van der Waals surface area contributed by atoms with Crippen molar-refractivity contribution in [2.24, 2.45) is 0 Å². The molecule has 0 bridgehead atoms. The van der Waals surface area contributed by atoms with Crippen molar-refractivity contribution in [1.82, 2.24) is 4.98 Å². The van der Waals surface area contributed by atoms with Gasteiger partial charge in [-0.3, -0.25) is 0 Å². The topological polar surface area (TPSA) is 26.0 Å². The first-order chi connectivity index (χ1) is 2.89. The van der Waals surface area contributed by atoms with Crippen molar-refractivity contribution >= 4 is 0 Å². The van der Waals surface area contributed by atoms with E-state index in [-0.39, 0.29) is 20.4 Å². The number of hydrogen-bond acceptors (Lipinski definition) is 2. The normalized spacial score (nSPS) is 7.57. The molecular weight excluding hydrogens is 264 g/mol. The van der Waals surface area contributed by atoms with Crippen LogP contribution in [0.3, 0.4) is 0 Å². The number of rotatable bonds is 0. The molecule has 0 atom stereocenters. The van der Waals surface area contributed by atoms with Crippen molar-refractivity contribution in [2.75, 3.05) is 0 Å². The Labute approximate surface area is 55.6 Å². The molecule has 0 spiro atoms. The Morgan fingerprint density at radius 1 is 1.86 bits per heavy atom. The van der Waals surface area contributed by atoms with Crippen LogP contribution in [-0.4, -0.2) is 4.98 Å². The summed E-state index contributed by atoms with van der Waals surface area (Å²) in [7, 11) is 0. The average molecular weight is 268 g/mol. The number of nitrogens with zero attached hydrogens (tertiary/aromatic N) is 1. The maximum atomic E-state index is 4.60. The van der Waals surface area contributed by atoms with Gasteiger partial charge in [0.1, 0.15) is 0 Å². The second kappa shape index (κ2) is 2.95. The van der Waals surface area contributed by atoms with Crippen LogP contribution in [0.25, 0.3) is 0 Å². The van der Waals surface area contributed by atoms with Crippen molar-refractivity contribution in [3.05, 3.63) is 18.4 Å². The molecule has 0 fully saturated rings. The van der Waals surface area contributed by atoms with Crippen molar-refractivity contribution in [1.29, 1.82) is 0 Å². The monoisotopic (exact) mass is 269 g/mol. The summed E-state index contributed by atoms with van der Waals surface area (Å²) in [6.07, 6.45) is 3.94. The molecule has 0 saturated carbocycles. The third kappa shape index (κ3) is 1.86. The fourth-order valence-electron chi connectivity index (χ4n) is 0.255. The van der Waals surface area contributed by atoms with Gasteiger partial charge in [0.25, 0.3) is 0 Å². The van der Waals surface area contributed by atoms with E-state index in [4.69, 9.17) is 0 Å². The molecule has 0 aliphatic rings. The molecule has 1 heterocycles. The molecule has 0 aliphatic heterocycles. The minimum absolute atomic E-state index is 0. The zero-order valence-electron chi connectivity index (χ0n) is 3.81. The SMILES string of the molecule is Cc1nc[c-]o1.[Re]. The summed E-state index contributed by atoms with van der Waals surface area (Å²) in [4.78, 5) is 3.69. The Kier molecular flexibility index (Phi) is 2.90. The van der Waals surface area contributed by atoms with Crippen LogP contribution < -0.4 is 0 Å². The van der Waals surface area contributed by atoms with Gasteiger partial charge in [0.2, 0.25) is 0 Å². The second-order valence-corrected chi connectivity index (χ2v) is 0.997. The molecule has 0 aromatic carbocycles. The first-order valence-corrected chi connectivity index (χ1v) is 1.68. The Morgan fingerprint density at radius 3 is 2.71 bits per heavy atom. The molecule has 0 aliphatic carbocycles. The summed E-state index contributed by atoms with van der Waals surface area (Å²) in [6, 6.07) is 0. The second-order valence-electron chi connectivity index (χ2n) is 0.997. The van der Waals surface area contributed by atoms with Crippen molar-refractivity contribution < 1.29 is 24.8 Å². The molecule has 2 nitrogen and oxygen atoms in total. The van der Waals surface area contributed by atoms with E-state index in [1.54, 1.807) is 6.92 Å². The summed E-state index contributed by atoms with van der Waals surface area (Å²) in [5, 5.41) is 0. The fourth-order valence-corrected chi connectivity index (χ4v) is 0.255. The quantitative estimate of drug-likeness (QED) is 0.650. The molecule has 0 N–H and O–H groups in total. The van der Waals surface area contributed by atoms with Gasteiger partial charge in [-0.2, -0.15) is 0 Å². The third-order valence-corrected chi connectivity index (χ3v) is 0.506. The molecule has 3 heteroatoms. The zero-order valence-corrected chi connectivity index (χ0v) is 6.53. The molecule has 0 amide bonds. The largest absolute Gasteiger partial charge is 0.631 e. The van der Waals surface area contributed by atoms with Crippen molar-refractivity contribution in [3.63, 3.8) is 0 Å². The van der Waals surface area contributed by atoms with E-state index in [2.05, 4.69) is 15.7 Å². The Morgan fingerprint density at radius 2 is 2.57 bits per heavy atom. The van der Waals surface area contributed by atoms with E-state index in [1.165, 1.54) is 6.20 Å². The van der Waals surface area contributed by atoms with Gasteiger partial charge in [-0.15, -0.1) is 0 Å². The number of aromatic nitrogens is 1. The summed E-state index contributed by atoms with van der Waals surface area (Å²) < 4.78 is 4.60. The van der Waals surface area contributed by atoms with E-state index in [9.17, 15) is 0 Å². The fraction of sp³-hybridized carbons (Fsp3) is 0.250. The van der Waals surface area contributed by atoms with Gasteiger partial charge in [-0.1, -0.05) is 13.2 Å². The van der Waals surface area contributed by atoms with Crippen LogP contribution in [-0.2, 0) is 20.4 Å². The van der Waals surface area contributed by atoms with Gasteiger partial charge in [0, 0.05) is 26.3 Å². The van der Waals surface area contributed by atoms with Crippen molar-refractivity contribution in [2.45, 2.75) is 6.92 Å². The Bertz CT molecular complexity index is 115. The molecule has 1 aromatic heterocycles. The minimum atomic E-state index is 0. The van der Waals surface area contributed by atoms with Gasteiger partial charge >= 0.3 is 0 Å². The molecule has 7 heavy (non-hydrogen) atoms. The number of oxazole rings is 1. The minimum Gasteiger partial charge on any atom is -0.631 e. The molecule has 39 valence electrons. The summed E-state index contributed by atoms with van der Waals surface area (Å²) in [6.45, 7) is 1.77. The van der Waals surface area contributed by atoms with E-state index in [1.807, 2.05) is 0 Å². The Hall–Kier alpha value is -0.128. The van der Waals surface area contributed by atoms with Gasteiger partial charge < -0.3 is 9.40 Å². The summed E-state index contributed by atoms with van der Waals surface area (Å²) >= 11 is 0. The van der Waals surface area contributed by atoms with Gasteiger partial charge in [0.05, 0.1) is 0 Å². The maximum Gasteiger partial charge on any atom is 0.0305 e. The molecule has 0 unspecified atom stereocenters. The van der Waals surface area contributed by atoms with E-state index in [0.717, 1.165) is 0 Å². The average Bonchev–Trinajstić information content (AvgIpc) is 1.86. The molecular formula is C4H4NORe-. The molecule has 1 radical (unpaired) electrons. The van der Waals surface area contributed by atoms with Gasteiger partial charge in [0.15, 0.2) is 0 Å². The predicted molar refractivity (Wildman–Crippen MR) is 20.1 cm³/mol. The first kappa shape index (κ1) is 6.87. The van der Waals surface area contributed by atoms with Crippen LogP contribution in [0.1, 0.15) is 5.89 Å². The van der Waals surface area contributed by atoms with Crippen LogP contribution in [0.5, 0.6) is 0 Å². The van der Waals surface area contributed by atoms with Crippen LogP contribution in [0, 0.1) is 13.2 Å². The predicted octanol–water partition coefficient (Wildman–Crippen LogP) is 0.781. The van der Waals surface area contributed by atoms with Crippen molar-refractivity contribution in [3.8, 4) is 0 Å². The summed E-state index contributed by atoms with van der Waals surface area (Å²) in [5.41, 5.74) is 0. The standard InChI is InChI=1S/C4H4NO.Re/c1-4-5-2-3-6-4;/h2H,1H3;/q-1;. The smallest absolute Gasteiger partial charge is 0.0305 e. The van der Waals surface area contributed by atoms with Crippen LogP contribution in [0.4, 0.5) is 0 Å². The van der Waals surface area contributed by atoms with Crippen LogP contribution >= 0.6 is 0 Å². The number of aryl methyl sites for hydroxylation is 1. The summed E-state index contributed by atoms with van der Waals surface area (Å²) in [5.74, 6) is 0.662. The maximum absolute atomic E-state index is 4.60. The third-order valence-electron chi connectivity index (χ3n) is 0.506. The van der Waals surface area contributed by atoms with E-state index < -0.39 is 0 Å². The molecule has 0 saturated heterocycles. The van der Waals surface area contributed by atoms with Crippen LogP contribution in [0.15, 0.2) is 10.6 Å². The van der Waals surface area contributed by atoms with E-state index in [0.29, 0.717) is 5.89 Å². The van der Waals surface area contributed by atoms with Gasteiger partial charge in [-0.05, 0) is 6.20 Å². The first-order valence-electron chi connectivity index (χ1n) is 1.68. The zero-order chi connectivity index (χ0) is 4.41.